The molecule has 0 atom stereocenters. The van der Waals surface area contributed by atoms with Gasteiger partial charge in [-0.1, -0.05) is 0 Å². The summed E-state index contributed by atoms with van der Waals surface area (Å²) in [6, 6.07) is 0. The molecule has 0 spiro atoms. The molecule has 10 heteroatoms. The predicted octanol–water partition coefficient (Wildman–Crippen LogP) is 1.33. The molecule has 1 rings (SSSR count). The first-order chi connectivity index (χ1) is 14.6. The molecule has 30 heavy (non-hydrogen) atoms. The molecule has 0 aromatic heterocycles. The number of rotatable bonds is 0. The van der Waals surface area contributed by atoms with Gasteiger partial charge in [-0.05, 0) is 25.7 Å². The number of carbonyl (C=O) groups excluding carboxylic acids is 4. The van der Waals surface area contributed by atoms with E-state index in [0.717, 1.165) is 0 Å². The zero-order chi connectivity index (χ0) is 21.9. The van der Waals surface area contributed by atoms with Crippen molar-refractivity contribution in [2.24, 2.45) is 0 Å². The number of hydrogen-bond acceptors (Lipinski definition) is 10. The summed E-state index contributed by atoms with van der Waals surface area (Å²) >= 11 is 0. The van der Waals surface area contributed by atoms with Crippen molar-refractivity contribution in [2.75, 3.05) is 52.9 Å². The Labute approximate surface area is 176 Å². The fourth-order valence-corrected chi connectivity index (χ4v) is 2.43. The Kier molecular flexibility index (Phi) is 15.2. The molecule has 1 aliphatic heterocycles. The topological polar surface area (TPSA) is 124 Å². The maximum absolute atomic E-state index is 11.6. The van der Waals surface area contributed by atoms with Gasteiger partial charge in [0.1, 0.15) is 26.4 Å². The number of carbonyl (C=O) groups is 4. The standard InChI is InChI=1S/C20H32O10/c21-17-5-1-2-6-18(22)28-14-10-26-12-16-30-20(24)8-4-3-7-19(23)29-15-11-25-9-13-27-17/h1-16H2. The minimum absolute atomic E-state index is 0.116. The first kappa shape index (κ1) is 25.8. The summed E-state index contributed by atoms with van der Waals surface area (Å²) in [5, 5.41) is 0. The van der Waals surface area contributed by atoms with Crippen LogP contribution >= 0.6 is 0 Å². The normalized spacial score (nSPS) is 21.6. The van der Waals surface area contributed by atoms with E-state index < -0.39 is 0 Å². The van der Waals surface area contributed by atoms with Gasteiger partial charge in [-0.2, -0.15) is 0 Å². The summed E-state index contributed by atoms with van der Waals surface area (Å²) < 4.78 is 30.5. The quantitative estimate of drug-likeness (QED) is 0.409. The number of hydrogen-bond donors (Lipinski definition) is 0. The molecule has 1 heterocycles. The Morgan fingerprint density at radius 1 is 0.367 bits per heavy atom. The molecule has 0 amide bonds. The molecule has 1 aliphatic rings. The second kappa shape index (κ2) is 17.6. The highest BCUT2D eigenvalue weighted by Crippen LogP contribution is 2.04. The van der Waals surface area contributed by atoms with E-state index >= 15 is 0 Å². The van der Waals surface area contributed by atoms with Crippen LogP contribution in [0.4, 0.5) is 0 Å². The zero-order valence-corrected chi connectivity index (χ0v) is 17.4. The van der Waals surface area contributed by atoms with Gasteiger partial charge in [-0.25, -0.2) is 0 Å². The molecule has 0 radical (unpaired) electrons. The first-order valence-corrected chi connectivity index (χ1v) is 10.4. The van der Waals surface area contributed by atoms with Crippen LogP contribution in [0.3, 0.4) is 0 Å². The maximum Gasteiger partial charge on any atom is 0.305 e. The van der Waals surface area contributed by atoms with Crippen LogP contribution < -0.4 is 0 Å². The van der Waals surface area contributed by atoms with Gasteiger partial charge in [0.05, 0.1) is 26.4 Å². The van der Waals surface area contributed by atoms with Gasteiger partial charge in [0.2, 0.25) is 0 Å². The minimum atomic E-state index is -0.353. The van der Waals surface area contributed by atoms with Gasteiger partial charge in [0, 0.05) is 25.7 Å². The van der Waals surface area contributed by atoms with Gasteiger partial charge in [0.15, 0.2) is 0 Å². The van der Waals surface area contributed by atoms with Gasteiger partial charge >= 0.3 is 23.9 Å². The Morgan fingerprint density at radius 3 is 0.833 bits per heavy atom. The van der Waals surface area contributed by atoms with Crippen LogP contribution in [-0.4, -0.2) is 76.7 Å². The van der Waals surface area contributed by atoms with E-state index in [9.17, 15) is 19.2 Å². The molecular formula is C20H32O10. The molecule has 0 aromatic carbocycles. The third-order valence-corrected chi connectivity index (χ3v) is 3.99. The summed E-state index contributed by atoms with van der Waals surface area (Å²) in [6.45, 7) is 1.30. The highest BCUT2D eigenvalue weighted by Gasteiger charge is 2.08. The van der Waals surface area contributed by atoms with Crippen LogP contribution in [-0.2, 0) is 47.6 Å². The van der Waals surface area contributed by atoms with Crippen molar-refractivity contribution in [1.29, 1.82) is 0 Å². The lowest BCUT2D eigenvalue weighted by atomic mass is 10.2. The monoisotopic (exact) mass is 432 g/mol. The van der Waals surface area contributed by atoms with E-state index in [1.807, 2.05) is 0 Å². The van der Waals surface area contributed by atoms with E-state index in [2.05, 4.69) is 0 Å². The van der Waals surface area contributed by atoms with Crippen molar-refractivity contribution in [3.8, 4) is 0 Å². The lowest BCUT2D eigenvalue weighted by molar-refractivity contribution is -0.149. The minimum Gasteiger partial charge on any atom is -0.463 e. The highest BCUT2D eigenvalue weighted by atomic mass is 16.6. The van der Waals surface area contributed by atoms with Gasteiger partial charge in [-0.15, -0.1) is 0 Å². The van der Waals surface area contributed by atoms with E-state index in [-0.39, 0.29) is 102 Å². The highest BCUT2D eigenvalue weighted by molar-refractivity contribution is 5.71. The van der Waals surface area contributed by atoms with E-state index in [4.69, 9.17) is 28.4 Å². The Hall–Kier alpha value is -2.20. The van der Waals surface area contributed by atoms with Crippen molar-refractivity contribution >= 4 is 23.9 Å². The molecule has 0 saturated carbocycles. The van der Waals surface area contributed by atoms with Gasteiger partial charge in [0.25, 0.3) is 0 Å². The van der Waals surface area contributed by atoms with Crippen molar-refractivity contribution in [3.05, 3.63) is 0 Å². The van der Waals surface area contributed by atoms with Crippen LogP contribution in [0.2, 0.25) is 0 Å². The molecular weight excluding hydrogens is 400 g/mol. The van der Waals surface area contributed by atoms with Crippen molar-refractivity contribution in [1.82, 2.24) is 0 Å². The molecule has 172 valence electrons. The van der Waals surface area contributed by atoms with Crippen LogP contribution in [0.25, 0.3) is 0 Å². The summed E-state index contributed by atoms with van der Waals surface area (Å²) in [7, 11) is 0. The van der Waals surface area contributed by atoms with Crippen LogP contribution in [0.15, 0.2) is 0 Å². The van der Waals surface area contributed by atoms with E-state index in [0.29, 0.717) is 25.7 Å². The number of ether oxygens (including phenoxy) is 6. The van der Waals surface area contributed by atoms with Gasteiger partial charge in [-0.3, -0.25) is 19.2 Å². The molecule has 0 unspecified atom stereocenters. The van der Waals surface area contributed by atoms with Crippen LogP contribution in [0, 0.1) is 0 Å². The van der Waals surface area contributed by atoms with Gasteiger partial charge < -0.3 is 28.4 Å². The van der Waals surface area contributed by atoms with Crippen LogP contribution in [0.1, 0.15) is 51.4 Å². The molecule has 1 fully saturated rings. The summed E-state index contributed by atoms with van der Waals surface area (Å²) in [6.07, 6.45) is 2.94. The fourth-order valence-electron chi connectivity index (χ4n) is 2.43. The first-order valence-electron chi connectivity index (χ1n) is 10.4. The Balaban J connectivity index is 2.27. The second-order valence-corrected chi connectivity index (χ2v) is 6.52. The average Bonchev–Trinajstić information content (AvgIpc) is 2.72. The fraction of sp³-hybridized carbons (Fsp3) is 0.800. The van der Waals surface area contributed by atoms with Crippen molar-refractivity contribution in [3.63, 3.8) is 0 Å². The predicted molar refractivity (Wildman–Crippen MR) is 102 cm³/mol. The lowest BCUT2D eigenvalue weighted by Crippen LogP contribution is -2.15. The van der Waals surface area contributed by atoms with E-state index in [1.54, 1.807) is 0 Å². The lowest BCUT2D eigenvalue weighted by Gasteiger charge is -2.09. The second-order valence-electron chi connectivity index (χ2n) is 6.52. The molecule has 0 aliphatic carbocycles. The Bertz CT molecular complexity index is 430. The Morgan fingerprint density at radius 2 is 0.600 bits per heavy atom. The molecule has 0 N–H and O–H groups in total. The maximum atomic E-state index is 11.6. The molecule has 10 nitrogen and oxygen atoms in total. The largest absolute Gasteiger partial charge is 0.463 e. The summed E-state index contributed by atoms with van der Waals surface area (Å²) in [5.74, 6) is -1.41. The average molecular weight is 432 g/mol. The van der Waals surface area contributed by atoms with Crippen LogP contribution in [0.5, 0.6) is 0 Å². The molecule has 1 saturated heterocycles. The molecule has 0 aromatic rings. The smallest absolute Gasteiger partial charge is 0.305 e. The van der Waals surface area contributed by atoms with E-state index in [1.165, 1.54) is 0 Å². The van der Waals surface area contributed by atoms with Crippen molar-refractivity contribution < 1.29 is 47.6 Å². The van der Waals surface area contributed by atoms with Crippen molar-refractivity contribution in [2.45, 2.75) is 51.4 Å². The third kappa shape index (κ3) is 15.7. The SMILES string of the molecule is O=C1CCCCC(=O)OCCOCCOC(=O)CCCCC(=O)OCCOCCO1. The summed E-state index contributed by atoms with van der Waals surface area (Å²) in [4.78, 5) is 46.3. The number of esters is 4. The zero-order valence-electron chi connectivity index (χ0n) is 17.4. The molecule has 0 bridgehead atoms. The number of cyclic esters (lactones) is 4. The third-order valence-electron chi connectivity index (χ3n) is 3.99. The summed E-state index contributed by atoms with van der Waals surface area (Å²) in [5.41, 5.74) is 0.